The van der Waals surface area contributed by atoms with Gasteiger partial charge >= 0.3 is 6.36 Å². The van der Waals surface area contributed by atoms with Crippen molar-refractivity contribution in [2.24, 2.45) is 0 Å². The second-order valence-corrected chi connectivity index (χ2v) is 8.53. The van der Waals surface area contributed by atoms with E-state index in [0.717, 1.165) is 35.4 Å². The highest BCUT2D eigenvalue weighted by molar-refractivity contribution is 7.89. The molecule has 0 saturated carbocycles. The third kappa shape index (κ3) is 7.85. The van der Waals surface area contributed by atoms with Crippen molar-refractivity contribution in [1.29, 1.82) is 0 Å². The number of benzene rings is 2. The van der Waals surface area contributed by atoms with E-state index in [9.17, 15) is 31.2 Å². The SMILES string of the molecule is Cc1cccc(C)c1NC(=O)CNC(=O)CCNS(=O)(=O)c1ccc(OC(F)(F)F)cc1. The van der Waals surface area contributed by atoms with Gasteiger partial charge in [-0.3, -0.25) is 9.59 Å². The Bertz CT molecular complexity index is 1050. The number of hydrogen-bond acceptors (Lipinski definition) is 5. The van der Waals surface area contributed by atoms with Crippen LogP contribution < -0.4 is 20.1 Å². The van der Waals surface area contributed by atoms with Gasteiger partial charge in [0.2, 0.25) is 21.8 Å². The largest absolute Gasteiger partial charge is 0.573 e. The summed E-state index contributed by atoms with van der Waals surface area (Å²) in [6.07, 6.45) is -5.13. The van der Waals surface area contributed by atoms with Crippen LogP contribution in [0.15, 0.2) is 47.4 Å². The van der Waals surface area contributed by atoms with Gasteiger partial charge in [0.25, 0.3) is 0 Å². The Morgan fingerprint density at radius 3 is 2.12 bits per heavy atom. The summed E-state index contributed by atoms with van der Waals surface area (Å²) < 4.78 is 66.7. The van der Waals surface area contributed by atoms with Crippen molar-refractivity contribution >= 4 is 27.5 Å². The van der Waals surface area contributed by atoms with Crippen molar-refractivity contribution in [1.82, 2.24) is 10.0 Å². The molecule has 0 fully saturated rings. The standard InChI is InChI=1S/C20H22F3N3O5S/c1-13-4-3-5-14(2)19(13)26-18(28)12-24-17(27)10-11-25-32(29,30)16-8-6-15(7-9-16)31-20(21,22)23/h3-9,25H,10-12H2,1-2H3,(H,24,27)(H,26,28). The maximum absolute atomic E-state index is 12.2. The number of aryl methyl sites for hydroxylation is 2. The van der Waals surface area contributed by atoms with E-state index < -0.39 is 33.9 Å². The van der Waals surface area contributed by atoms with E-state index in [-0.39, 0.29) is 24.4 Å². The number of alkyl halides is 3. The molecule has 0 aliphatic carbocycles. The summed E-state index contributed by atoms with van der Waals surface area (Å²) in [7, 11) is -4.04. The van der Waals surface area contributed by atoms with E-state index in [4.69, 9.17) is 0 Å². The number of para-hydroxylation sites is 1. The highest BCUT2D eigenvalue weighted by atomic mass is 32.2. The fourth-order valence-corrected chi connectivity index (χ4v) is 3.70. The summed E-state index contributed by atoms with van der Waals surface area (Å²) in [6.45, 7) is 3.11. The first-order valence-corrected chi connectivity index (χ1v) is 10.8. The van der Waals surface area contributed by atoms with Crippen LogP contribution in [0.1, 0.15) is 17.5 Å². The number of sulfonamides is 1. The summed E-state index contributed by atoms with van der Waals surface area (Å²) in [6, 6.07) is 9.15. The highest BCUT2D eigenvalue weighted by Crippen LogP contribution is 2.24. The average molecular weight is 473 g/mol. The second-order valence-electron chi connectivity index (χ2n) is 6.76. The predicted molar refractivity (Wildman–Crippen MR) is 110 cm³/mol. The molecule has 0 spiro atoms. The normalized spacial score (nSPS) is 11.7. The summed E-state index contributed by atoms with van der Waals surface area (Å²) in [5, 5.41) is 5.10. The number of carbonyl (C=O) groups excluding carboxylic acids is 2. The number of carbonyl (C=O) groups is 2. The molecule has 0 unspecified atom stereocenters. The van der Waals surface area contributed by atoms with Crippen LogP contribution in [0.3, 0.4) is 0 Å². The van der Waals surface area contributed by atoms with Crippen molar-refractivity contribution in [3.05, 3.63) is 53.6 Å². The Hall–Kier alpha value is -3.12. The Kier molecular flexibility index (Phi) is 8.22. The minimum Gasteiger partial charge on any atom is -0.406 e. The van der Waals surface area contributed by atoms with E-state index in [1.165, 1.54) is 0 Å². The zero-order valence-corrected chi connectivity index (χ0v) is 18.1. The Labute approximate surface area is 183 Å². The van der Waals surface area contributed by atoms with Gasteiger partial charge in [0.05, 0.1) is 11.4 Å². The molecule has 0 saturated heterocycles. The van der Waals surface area contributed by atoms with Crippen LogP contribution in [0, 0.1) is 13.8 Å². The summed E-state index contributed by atoms with van der Waals surface area (Å²) >= 11 is 0. The lowest BCUT2D eigenvalue weighted by Crippen LogP contribution is -2.35. The Morgan fingerprint density at radius 1 is 0.969 bits per heavy atom. The number of hydrogen-bond donors (Lipinski definition) is 3. The Balaban J connectivity index is 1.78. The topological polar surface area (TPSA) is 114 Å². The zero-order valence-electron chi connectivity index (χ0n) is 17.2. The number of halogens is 3. The first kappa shape index (κ1) is 25.1. The molecule has 2 aromatic carbocycles. The van der Waals surface area contributed by atoms with Crippen LogP contribution in [0.5, 0.6) is 5.75 Å². The number of amides is 2. The fourth-order valence-electron chi connectivity index (χ4n) is 2.67. The van der Waals surface area contributed by atoms with Crippen molar-refractivity contribution in [3.8, 4) is 5.75 Å². The molecule has 174 valence electrons. The van der Waals surface area contributed by atoms with Crippen LogP contribution in [-0.2, 0) is 19.6 Å². The average Bonchev–Trinajstić information content (AvgIpc) is 2.68. The van der Waals surface area contributed by atoms with Gasteiger partial charge in [0.15, 0.2) is 0 Å². The third-order valence-electron chi connectivity index (χ3n) is 4.20. The van der Waals surface area contributed by atoms with Crippen molar-refractivity contribution in [2.45, 2.75) is 31.5 Å². The van der Waals surface area contributed by atoms with Crippen molar-refractivity contribution in [3.63, 3.8) is 0 Å². The van der Waals surface area contributed by atoms with E-state index >= 15 is 0 Å². The number of ether oxygens (including phenoxy) is 1. The number of anilines is 1. The molecule has 0 aromatic heterocycles. The van der Waals surface area contributed by atoms with Gasteiger partial charge in [-0.1, -0.05) is 18.2 Å². The lowest BCUT2D eigenvalue weighted by Gasteiger charge is -2.12. The zero-order chi connectivity index (χ0) is 23.9. The van der Waals surface area contributed by atoms with Gasteiger partial charge in [0, 0.05) is 18.7 Å². The second kappa shape index (κ2) is 10.5. The maximum atomic E-state index is 12.2. The van der Waals surface area contributed by atoms with E-state index in [2.05, 4.69) is 20.1 Å². The molecule has 0 bridgehead atoms. The molecule has 2 rings (SSSR count). The van der Waals surface area contributed by atoms with Crippen molar-refractivity contribution in [2.75, 3.05) is 18.4 Å². The molecule has 0 radical (unpaired) electrons. The molecule has 2 amide bonds. The van der Waals surface area contributed by atoms with Gasteiger partial charge in [0.1, 0.15) is 5.75 Å². The van der Waals surface area contributed by atoms with E-state index in [1.54, 1.807) is 0 Å². The molecule has 0 aliphatic rings. The van der Waals surface area contributed by atoms with E-state index in [0.29, 0.717) is 5.69 Å². The first-order chi connectivity index (χ1) is 14.9. The molecule has 3 N–H and O–H groups in total. The van der Waals surface area contributed by atoms with Crippen LogP contribution in [0.4, 0.5) is 18.9 Å². The molecular weight excluding hydrogens is 451 g/mol. The van der Waals surface area contributed by atoms with Crippen LogP contribution in [0.25, 0.3) is 0 Å². The first-order valence-electron chi connectivity index (χ1n) is 9.35. The van der Waals surface area contributed by atoms with Gasteiger partial charge in [-0.05, 0) is 49.2 Å². The molecule has 0 aliphatic heterocycles. The monoisotopic (exact) mass is 473 g/mol. The molecule has 2 aromatic rings. The fraction of sp³-hybridized carbons (Fsp3) is 0.300. The molecule has 0 heterocycles. The van der Waals surface area contributed by atoms with E-state index in [1.807, 2.05) is 32.0 Å². The molecule has 12 heteroatoms. The van der Waals surface area contributed by atoms with Crippen LogP contribution in [0.2, 0.25) is 0 Å². The predicted octanol–water partition coefficient (Wildman–Crippen LogP) is 2.63. The molecule has 32 heavy (non-hydrogen) atoms. The number of nitrogens with one attached hydrogen (secondary N) is 3. The quantitative estimate of drug-likeness (QED) is 0.518. The highest BCUT2D eigenvalue weighted by Gasteiger charge is 2.31. The molecular formula is C20H22F3N3O5S. The lowest BCUT2D eigenvalue weighted by molar-refractivity contribution is -0.274. The minimum atomic E-state index is -4.89. The lowest BCUT2D eigenvalue weighted by atomic mass is 10.1. The van der Waals surface area contributed by atoms with Crippen molar-refractivity contribution < 1.29 is 35.9 Å². The molecule has 0 atom stereocenters. The maximum Gasteiger partial charge on any atom is 0.573 e. The summed E-state index contributed by atoms with van der Waals surface area (Å²) in [5.41, 5.74) is 2.40. The van der Waals surface area contributed by atoms with Gasteiger partial charge in [-0.2, -0.15) is 0 Å². The summed E-state index contributed by atoms with van der Waals surface area (Å²) in [4.78, 5) is 23.6. The number of rotatable bonds is 9. The minimum absolute atomic E-state index is 0.245. The van der Waals surface area contributed by atoms with Crippen LogP contribution >= 0.6 is 0 Å². The van der Waals surface area contributed by atoms with Gasteiger partial charge < -0.3 is 15.4 Å². The smallest absolute Gasteiger partial charge is 0.406 e. The van der Waals surface area contributed by atoms with Crippen LogP contribution in [-0.4, -0.2) is 39.7 Å². The van der Waals surface area contributed by atoms with Gasteiger partial charge in [-0.15, -0.1) is 13.2 Å². The summed E-state index contributed by atoms with van der Waals surface area (Å²) in [5.74, 6) is -1.55. The third-order valence-corrected chi connectivity index (χ3v) is 5.68. The molecule has 8 nitrogen and oxygen atoms in total. The Morgan fingerprint density at radius 2 is 1.56 bits per heavy atom. The van der Waals surface area contributed by atoms with Gasteiger partial charge in [-0.25, -0.2) is 13.1 Å².